The number of halogens is 2. The summed E-state index contributed by atoms with van der Waals surface area (Å²) < 4.78 is 0. The van der Waals surface area contributed by atoms with Crippen LogP contribution in [-0.2, 0) is 0 Å². The van der Waals surface area contributed by atoms with Crippen LogP contribution in [0.25, 0.3) is 0 Å². The molecule has 2 aliphatic rings. The highest BCUT2D eigenvalue weighted by molar-refractivity contribution is 8.03. The highest BCUT2D eigenvalue weighted by Gasteiger charge is 2.40. The fraction of sp³-hybridized carbons (Fsp3) is 0.0526. The van der Waals surface area contributed by atoms with Crippen LogP contribution in [0, 0.1) is 22.7 Å². The molecule has 0 radical (unpaired) electrons. The van der Waals surface area contributed by atoms with Gasteiger partial charge in [-0.05, 0) is 29.8 Å². The van der Waals surface area contributed by atoms with Crippen LogP contribution in [0.1, 0.15) is 11.5 Å². The summed E-state index contributed by atoms with van der Waals surface area (Å²) >= 11 is 13.6. The predicted molar refractivity (Wildman–Crippen MR) is 103 cm³/mol. The molecule has 0 bridgehead atoms. The molecule has 2 aliphatic heterocycles. The van der Waals surface area contributed by atoms with Gasteiger partial charge in [0.15, 0.2) is 0 Å². The third-order valence-corrected chi connectivity index (χ3v) is 6.26. The fourth-order valence-electron chi connectivity index (χ4n) is 3.20. The number of thioether (sulfide) groups is 1. The fourth-order valence-corrected chi connectivity index (χ4v) is 4.68. The van der Waals surface area contributed by atoms with E-state index in [4.69, 9.17) is 28.9 Å². The summed E-state index contributed by atoms with van der Waals surface area (Å²) in [5.41, 5.74) is 8.74. The number of hydrogen-bond donors (Lipinski definition) is 1. The van der Waals surface area contributed by atoms with Gasteiger partial charge < -0.3 is 5.73 Å². The van der Waals surface area contributed by atoms with Crippen LogP contribution in [0.2, 0.25) is 10.0 Å². The number of hydrogen-bond acceptors (Lipinski definition) is 5. The molecule has 4 nitrogen and oxygen atoms in total. The molecule has 2 N–H and O–H groups in total. The normalized spacial score (nSPS) is 18.3. The van der Waals surface area contributed by atoms with E-state index in [9.17, 15) is 10.5 Å². The molecule has 0 aliphatic carbocycles. The maximum atomic E-state index is 9.89. The van der Waals surface area contributed by atoms with Gasteiger partial charge in [0.1, 0.15) is 10.9 Å². The van der Waals surface area contributed by atoms with Crippen molar-refractivity contribution in [1.29, 1.82) is 10.5 Å². The first-order valence-corrected chi connectivity index (χ1v) is 9.20. The first-order chi connectivity index (χ1) is 12.6. The second-order valence-electron chi connectivity index (χ2n) is 5.75. The van der Waals surface area contributed by atoms with Crippen molar-refractivity contribution in [2.75, 3.05) is 4.90 Å². The Balaban J connectivity index is 1.97. The largest absolute Gasteiger partial charge is 0.384 e. The zero-order chi connectivity index (χ0) is 18.4. The molecule has 0 unspecified atom stereocenters. The van der Waals surface area contributed by atoms with E-state index in [1.807, 2.05) is 24.3 Å². The molecule has 126 valence electrons. The number of allylic oxidation sites excluding steroid dienone is 2. The summed E-state index contributed by atoms with van der Waals surface area (Å²) in [4.78, 5) is 2.77. The summed E-state index contributed by atoms with van der Waals surface area (Å²) in [6, 6.07) is 17.3. The van der Waals surface area contributed by atoms with Crippen LogP contribution >= 0.6 is 35.0 Å². The van der Waals surface area contributed by atoms with Crippen molar-refractivity contribution in [2.45, 2.75) is 10.8 Å². The molecule has 2 aromatic rings. The second-order valence-corrected chi connectivity index (χ2v) is 7.60. The number of fused-ring (bicyclic) bond motifs is 3. The van der Waals surface area contributed by atoms with Gasteiger partial charge in [-0.3, -0.25) is 4.90 Å². The summed E-state index contributed by atoms with van der Waals surface area (Å²) in [6.07, 6.45) is 0. The Morgan fingerprint density at radius 3 is 2.42 bits per heavy atom. The molecule has 4 rings (SSSR count). The molecule has 7 heteroatoms. The Morgan fingerprint density at radius 2 is 1.73 bits per heavy atom. The number of benzene rings is 2. The number of para-hydroxylation sites is 1. The standard InChI is InChI=1S/C19H10Cl2N4S/c20-13-6-5-10(7-14(13)21)17-11(8-22)18(24)25-15-3-1-2-4-16(15)26-19(25)12(17)9-23/h1-7,17H,24H2/t17-/m0/s1. The van der Waals surface area contributed by atoms with Crippen LogP contribution in [0.15, 0.2) is 69.4 Å². The van der Waals surface area contributed by atoms with Gasteiger partial charge in [0.25, 0.3) is 0 Å². The highest BCUT2D eigenvalue weighted by Crippen LogP contribution is 2.54. The number of rotatable bonds is 1. The monoisotopic (exact) mass is 396 g/mol. The van der Waals surface area contributed by atoms with Gasteiger partial charge in [0.2, 0.25) is 0 Å². The number of anilines is 1. The third kappa shape index (κ3) is 2.37. The molecular weight excluding hydrogens is 387 g/mol. The Morgan fingerprint density at radius 1 is 1.00 bits per heavy atom. The van der Waals surface area contributed by atoms with Gasteiger partial charge in [-0.2, -0.15) is 10.5 Å². The molecule has 0 aromatic heterocycles. The zero-order valence-corrected chi connectivity index (χ0v) is 15.5. The van der Waals surface area contributed by atoms with E-state index in [0.29, 0.717) is 32.6 Å². The zero-order valence-electron chi connectivity index (χ0n) is 13.2. The molecular formula is C19H10Cl2N4S. The Bertz CT molecular complexity index is 1090. The van der Waals surface area contributed by atoms with Crippen molar-refractivity contribution in [2.24, 2.45) is 5.73 Å². The summed E-state index contributed by atoms with van der Waals surface area (Å²) in [5, 5.41) is 21.2. The summed E-state index contributed by atoms with van der Waals surface area (Å²) in [7, 11) is 0. The van der Waals surface area contributed by atoms with E-state index in [-0.39, 0.29) is 0 Å². The molecule has 0 amide bonds. The van der Waals surface area contributed by atoms with Crippen LogP contribution in [0.4, 0.5) is 5.69 Å². The van der Waals surface area contributed by atoms with Crippen molar-refractivity contribution in [3.8, 4) is 12.1 Å². The van der Waals surface area contributed by atoms with Gasteiger partial charge >= 0.3 is 0 Å². The molecule has 0 spiro atoms. The molecule has 26 heavy (non-hydrogen) atoms. The quantitative estimate of drug-likeness (QED) is 0.722. The van der Waals surface area contributed by atoms with Crippen LogP contribution < -0.4 is 10.6 Å². The molecule has 1 atom stereocenters. The van der Waals surface area contributed by atoms with Crippen molar-refractivity contribution < 1.29 is 0 Å². The first kappa shape index (κ1) is 16.9. The SMILES string of the molecule is N#CC1=C(N)N2C(=C(C#N)[C@H]1c1ccc(Cl)c(Cl)c1)Sc1ccccc12. The lowest BCUT2D eigenvalue weighted by Crippen LogP contribution is -2.32. The average Bonchev–Trinajstić information content (AvgIpc) is 3.03. The Kier molecular flexibility index (Phi) is 4.09. The number of nitriles is 2. The van der Waals surface area contributed by atoms with Crippen molar-refractivity contribution in [1.82, 2.24) is 0 Å². The van der Waals surface area contributed by atoms with E-state index in [1.165, 1.54) is 11.8 Å². The van der Waals surface area contributed by atoms with Gasteiger partial charge in [-0.1, -0.05) is 53.2 Å². The molecule has 0 saturated carbocycles. The summed E-state index contributed by atoms with van der Waals surface area (Å²) in [6.45, 7) is 0. The van der Waals surface area contributed by atoms with Gasteiger partial charge in [0, 0.05) is 4.90 Å². The van der Waals surface area contributed by atoms with Gasteiger partial charge in [-0.25, -0.2) is 0 Å². The maximum Gasteiger partial charge on any atom is 0.123 e. The molecule has 0 fully saturated rings. The first-order valence-electron chi connectivity index (χ1n) is 7.62. The van der Waals surface area contributed by atoms with E-state index < -0.39 is 5.92 Å². The van der Waals surface area contributed by atoms with E-state index in [0.717, 1.165) is 15.6 Å². The molecule has 2 heterocycles. The lowest BCUT2D eigenvalue weighted by molar-refractivity contribution is 0.884. The van der Waals surface area contributed by atoms with Crippen molar-refractivity contribution in [3.05, 3.63) is 80.1 Å². The Hall–Kier alpha value is -2.57. The topological polar surface area (TPSA) is 76.8 Å². The third-order valence-electron chi connectivity index (χ3n) is 4.36. The van der Waals surface area contributed by atoms with Crippen LogP contribution in [0.5, 0.6) is 0 Å². The van der Waals surface area contributed by atoms with E-state index >= 15 is 0 Å². The van der Waals surface area contributed by atoms with Crippen LogP contribution in [0.3, 0.4) is 0 Å². The van der Waals surface area contributed by atoms with Crippen molar-refractivity contribution in [3.63, 3.8) is 0 Å². The van der Waals surface area contributed by atoms with Crippen LogP contribution in [-0.4, -0.2) is 0 Å². The Labute approximate surface area is 164 Å². The number of nitrogens with zero attached hydrogens (tertiary/aromatic N) is 3. The second kappa shape index (κ2) is 6.30. The highest BCUT2D eigenvalue weighted by atomic mass is 35.5. The summed E-state index contributed by atoms with van der Waals surface area (Å²) in [5.74, 6) is -0.247. The average molecular weight is 397 g/mol. The maximum absolute atomic E-state index is 9.89. The van der Waals surface area contributed by atoms with Crippen molar-refractivity contribution >= 4 is 40.7 Å². The minimum Gasteiger partial charge on any atom is -0.384 e. The number of nitrogens with two attached hydrogens (primary N) is 1. The van der Waals surface area contributed by atoms with Gasteiger partial charge in [-0.15, -0.1) is 0 Å². The molecule has 0 saturated heterocycles. The minimum atomic E-state index is -0.576. The predicted octanol–water partition coefficient (Wildman–Crippen LogP) is 5.13. The smallest absolute Gasteiger partial charge is 0.123 e. The lowest BCUT2D eigenvalue weighted by atomic mass is 9.83. The van der Waals surface area contributed by atoms with E-state index in [1.54, 1.807) is 23.1 Å². The minimum absolute atomic E-state index is 0.320. The van der Waals surface area contributed by atoms with E-state index in [2.05, 4.69) is 12.1 Å². The van der Waals surface area contributed by atoms with Gasteiger partial charge in [0.05, 0.1) is 44.9 Å². The molecule has 2 aromatic carbocycles. The lowest BCUT2D eigenvalue weighted by Gasteiger charge is -2.31.